The Morgan fingerprint density at radius 2 is 1.49 bits per heavy atom. The summed E-state index contributed by atoms with van der Waals surface area (Å²) < 4.78 is 10.9. The summed E-state index contributed by atoms with van der Waals surface area (Å²) >= 11 is 0. The molecule has 1 aliphatic heterocycles. The van der Waals surface area contributed by atoms with E-state index in [4.69, 9.17) is 4.74 Å². The molecule has 6 heteroatoms. The van der Waals surface area contributed by atoms with Crippen LogP contribution >= 0.6 is 0 Å². The van der Waals surface area contributed by atoms with Crippen molar-refractivity contribution in [2.24, 2.45) is 40.4 Å². The average molecular weight is 574 g/mol. The van der Waals surface area contributed by atoms with Crippen LogP contribution in [0.15, 0.2) is 0 Å². The number of carbonyl (C=O) groups excluding carboxylic acids is 3. The highest BCUT2D eigenvalue weighted by molar-refractivity contribution is 5.77. The Bertz CT molecular complexity index is 920. The van der Waals surface area contributed by atoms with Crippen molar-refractivity contribution < 1.29 is 23.9 Å². The molecule has 0 N–H and O–H groups in total. The Morgan fingerprint density at radius 1 is 0.878 bits per heavy atom. The first-order valence-corrected chi connectivity index (χ1v) is 17.0. The van der Waals surface area contributed by atoms with Crippen molar-refractivity contribution in [1.29, 1.82) is 0 Å². The minimum atomic E-state index is -0.112. The van der Waals surface area contributed by atoms with Crippen LogP contribution < -0.4 is 0 Å². The summed E-state index contributed by atoms with van der Waals surface area (Å²) in [6, 6.07) is 0.405. The summed E-state index contributed by atoms with van der Waals surface area (Å²) in [6.07, 6.45) is 17.6. The van der Waals surface area contributed by atoms with Crippen molar-refractivity contribution in [2.45, 2.75) is 149 Å². The van der Waals surface area contributed by atoms with E-state index in [1.165, 1.54) is 45.6 Å². The maximum atomic E-state index is 12.9. The fourth-order valence-electron chi connectivity index (χ4n) is 10.6. The smallest absolute Gasteiger partial charge is 0.306 e. The zero-order valence-corrected chi connectivity index (χ0v) is 27.1. The molecule has 4 rings (SSSR count). The number of rotatable bonds is 13. The van der Waals surface area contributed by atoms with Gasteiger partial charge in [-0.15, -0.1) is 0 Å². The lowest BCUT2D eigenvalue weighted by molar-refractivity contribution is -0.165. The van der Waals surface area contributed by atoms with Gasteiger partial charge in [0.05, 0.1) is 7.11 Å². The van der Waals surface area contributed by atoms with Crippen LogP contribution in [0.25, 0.3) is 0 Å². The molecule has 3 unspecified atom stereocenters. The maximum absolute atomic E-state index is 12.9. The number of piperidine rings is 1. The third-order valence-electron chi connectivity index (χ3n) is 12.6. The number of likely N-dealkylation sites (tertiary alicyclic amines) is 1. The molecule has 41 heavy (non-hydrogen) atoms. The summed E-state index contributed by atoms with van der Waals surface area (Å²) in [5.41, 5.74) is 0.480. The predicted molar refractivity (Wildman–Crippen MR) is 162 cm³/mol. The zero-order chi connectivity index (χ0) is 29.8. The standard InChI is InChI=1S/C35H59NO5/c1-24-23-28-26-17-18-29-34(3,22-20-30(37)36(29)5)27(26)19-21-35(28,4)33(24)25(2)41-32(39)16-14-12-10-8-7-9-11-13-15-31(38)40-6/h24-29,33H,7-23H2,1-6H3/t24?,25?,26-,27+,28+,29?,33-,34-,35+/m1/s1. The van der Waals surface area contributed by atoms with Crippen molar-refractivity contribution in [3.63, 3.8) is 0 Å². The molecule has 4 aliphatic rings. The normalized spacial score (nSPS) is 37.1. The third-order valence-corrected chi connectivity index (χ3v) is 12.6. The van der Waals surface area contributed by atoms with E-state index < -0.39 is 0 Å². The summed E-state index contributed by atoms with van der Waals surface area (Å²) in [4.78, 5) is 38.6. The highest BCUT2D eigenvalue weighted by atomic mass is 16.5. The second-order valence-corrected chi connectivity index (χ2v) is 14.9. The Labute approximate surface area is 250 Å². The molecular weight excluding hydrogens is 514 g/mol. The van der Waals surface area contributed by atoms with Crippen LogP contribution in [-0.4, -0.2) is 49.0 Å². The molecule has 234 valence electrons. The van der Waals surface area contributed by atoms with Crippen molar-refractivity contribution in [1.82, 2.24) is 4.90 Å². The SMILES string of the molecule is COC(=O)CCCCCCCCCCC(=O)OC(C)[C@H]1C(C)C[C@H]2[C@@H]3CCC4N(C)C(=O)CC[C@]4(C)[C@H]3CC[C@]12C. The lowest BCUT2D eigenvalue weighted by Gasteiger charge is -2.62. The van der Waals surface area contributed by atoms with Crippen molar-refractivity contribution in [3.8, 4) is 0 Å². The van der Waals surface area contributed by atoms with Crippen molar-refractivity contribution >= 4 is 17.8 Å². The van der Waals surface area contributed by atoms with E-state index in [1.54, 1.807) is 0 Å². The van der Waals surface area contributed by atoms with Gasteiger partial charge in [-0.3, -0.25) is 14.4 Å². The molecule has 1 heterocycles. The lowest BCUT2D eigenvalue weighted by atomic mass is 9.46. The van der Waals surface area contributed by atoms with E-state index in [-0.39, 0.29) is 28.9 Å². The van der Waals surface area contributed by atoms with Crippen LogP contribution in [0.2, 0.25) is 0 Å². The van der Waals surface area contributed by atoms with Crippen LogP contribution in [0.5, 0.6) is 0 Å². The summed E-state index contributed by atoms with van der Waals surface area (Å²) in [5, 5.41) is 0. The molecule has 0 aromatic carbocycles. The molecule has 0 radical (unpaired) electrons. The number of methoxy groups -OCH3 is 1. The molecule has 9 atom stereocenters. The molecule has 1 saturated heterocycles. The molecule has 1 amide bonds. The summed E-state index contributed by atoms with van der Waals surface area (Å²) in [7, 11) is 3.49. The number of esters is 2. The first kappa shape index (κ1) is 32.3. The molecule has 3 aliphatic carbocycles. The second-order valence-electron chi connectivity index (χ2n) is 14.9. The molecule has 4 fully saturated rings. The van der Waals surface area contributed by atoms with Gasteiger partial charge in [-0.25, -0.2) is 0 Å². The van der Waals surface area contributed by atoms with Crippen molar-refractivity contribution in [3.05, 3.63) is 0 Å². The largest absolute Gasteiger partial charge is 0.469 e. The lowest BCUT2D eigenvalue weighted by Crippen LogP contribution is -2.61. The minimum Gasteiger partial charge on any atom is -0.469 e. The molecule has 0 spiro atoms. The fraction of sp³-hybridized carbons (Fsp3) is 0.914. The van der Waals surface area contributed by atoms with Crippen molar-refractivity contribution in [2.75, 3.05) is 14.2 Å². The van der Waals surface area contributed by atoms with Gasteiger partial charge in [-0.2, -0.15) is 0 Å². The van der Waals surface area contributed by atoms with Gasteiger partial charge in [0.25, 0.3) is 0 Å². The fourth-order valence-corrected chi connectivity index (χ4v) is 10.6. The van der Waals surface area contributed by atoms with Gasteiger partial charge in [0.15, 0.2) is 0 Å². The number of amides is 1. The first-order valence-electron chi connectivity index (χ1n) is 17.0. The van der Waals surface area contributed by atoms with Gasteiger partial charge < -0.3 is 14.4 Å². The Kier molecular flexibility index (Phi) is 10.9. The van der Waals surface area contributed by atoms with Gasteiger partial charge in [0, 0.05) is 38.3 Å². The highest BCUT2D eigenvalue weighted by Gasteiger charge is 2.63. The summed E-state index contributed by atoms with van der Waals surface area (Å²) in [6.45, 7) is 9.59. The van der Waals surface area contributed by atoms with Gasteiger partial charge >= 0.3 is 11.9 Å². The van der Waals surface area contributed by atoms with Gasteiger partial charge in [-0.05, 0) is 92.8 Å². The van der Waals surface area contributed by atoms with E-state index in [9.17, 15) is 14.4 Å². The van der Waals surface area contributed by atoms with E-state index >= 15 is 0 Å². The number of hydrogen-bond acceptors (Lipinski definition) is 5. The van der Waals surface area contributed by atoms with Gasteiger partial charge in [0.2, 0.25) is 5.91 Å². The van der Waals surface area contributed by atoms with Crippen LogP contribution in [0.1, 0.15) is 137 Å². The van der Waals surface area contributed by atoms with E-state index in [1.807, 2.05) is 7.05 Å². The minimum absolute atomic E-state index is 0.0174. The van der Waals surface area contributed by atoms with Gasteiger partial charge in [0.1, 0.15) is 6.10 Å². The summed E-state index contributed by atoms with van der Waals surface area (Å²) in [5.74, 6) is 3.34. The predicted octanol–water partition coefficient (Wildman–Crippen LogP) is 7.72. The van der Waals surface area contributed by atoms with E-state index in [0.717, 1.165) is 57.3 Å². The van der Waals surface area contributed by atoms with Crippen LogP contribution in [-0.2, 0) is 23.9 Å². The Morgan fingerprint density at radius 3 is 2.12 bits per heavy atom. The molecule has 6 nitrogen and oxygen atoms in total. The van der Waals surface area contributed by atoms with Crippen LogP contribution in [0.3, 0.4) is 0 Å². The number of nitrogens with zero attached hydrogens (tertiary/aromatic N) is 1. The molecule has 0 aromatic heterocycles. The Hall–Kier alpha value is -1.59. The Balaban J connectivity index is 1.21. The van der Waals surface area contributed by atoms with E-state index in [2.05, 4.69) is 37.3 Å². The quantitative estimate of drug-likeness (QED) is 0.167. The number of hydrogen-bond donors (Lipinski definition) is 0. The van der Waals surface area contributed by atoms with Gasteiger partial charge in [-0.1, -0.05) is 59.3 Å². The van der Waals surface area contributed by atoms with Crippen LogP contribution in [0.4, 0.5) is 0 Å². The number of fused-ring (bicyclic) bond motifs is 5. The molecular formula is C35H59NO5. The van der Waals surface area contributed by atoms with Crippen LogP contribution in [0, 0.1) is 40.4 Å². The number of ether oxygens (including phenoxy) is 2. The zero-order valence-electron chi connectivity index (χ0n) is 27.1. The molecule has 3 saturated carbocycles. The monoisotopic (exact) mass is 573 g/mol. The average Bonchev–Trinajstić information content (AvgIpc) is 3.21. The number of unbranched alkanes of at least 4 members (excludes halogenated alkanes) is 7. The topological polar surface area (TPSA) is 72.9 Å². The second kappa shape index (κ2) is 13.8. The number of carbonyl (C=O) groups is 3. The maximum Gasteiger partial charge on any atom is 0.306 e. The highest BCUT2D eigenvalue weighted by Crippen LogP contribution is 2.67. The first-order chi connectivity index (χ1) is 19.5. The van der Waals surface area contributed by atoms with E-state index in [0.29, 0.717) is 54.9 Å². The molecule has 0 bridgehead atoms. The third kappa shape index (κ3) is 6.82. The molecule has 0 aromatic rings.